The van der Waals surface area contributed by atoms with E-state index in [1.54, 1.807) is 29.2 Å². The summed E-state index contributed by atoms with van der Waals surface area (Å²) in [5, 5.41) is 12.9. The Bertz CT molecular complexity index is 883. The number of aromatic nitrogens is 5. The highest BCUT2D eigenvalue weighted by Crippen LogP contribution is 2.15. The number of nitrogens with zero attached hydrogens (tertiary/aromatic N) is 7. The molecule has 1 aliphatic rings. The molecule has 1 amide bonds. The molecule has 1 aliphatic heterocycles. The number of rotatable bonds is 3. The molecule has 0 N–H and O–H groups in total. The molecular weight excluding hydrogens is 330 g/mol. The third kappa shape index (κ3) is 3.26. The van der Waals surface area contributed by atoms with Crippen LogP contribution in [0.1, 0.15) is 16.1 Å². The third-order valence-electron chi connectivity index (χ3n) is 4.41. The number of amides is 1. The molecule has 1 saturated heterocycles. The predicted octanol–water partition coefficient (Wildman–Crippen LogP) is 1.33. The second kappa shape index (κ2) is 6.91. The summed E-state index contributed by atoms with van der Waals surface area (Å²) in [5.74, 6) is 1.55. The van der Waals surface area contributed by atoms with Crippen LogP contribution in [0, 0.1) is 6.92 Å². The second-order valence-electron chi connectivity index (χ2n) is 6.17. The first-order chi connectivity index (χ1) is 12.7. The van der Waals surface area contributed by atoms with E-state index in [0.29, 0.717) is 24.5 Å². The number of carbonyl (C=O) groups is 1. The van der Waals surface area contributed by atoms with Crippen LogP contribution in [-0.4, -0.2) is 61.9 Å². The van der Waals surface area contributed by atoms with E-state index in [0.717, 1.165) is 24.6 Å². The van der Waals surface area contributed by atoms with E-state index in [1.807, 2.05) is 36.2 Å². The molecule has 0 saturated carbocycles. The highest BCUT2D eigenvalue weighted by Gasteiger charge is 2.23. The summed E-state index contributed by atoms with van der Waals surface area (Å²) in [6, 6.07) is 9.27. The van der Waals surface area contributed by atoms with Crippen LogP contribution in [0.25, 0.3) is 5.82 Å². The highest BCUT2D eigenvalue weighted by molar-refractivity contribution is 5.94. The summed E-state index contributed by atoms with van der Waals surface area (Å²) >= 11 is 0. The van der Waals surface area contributed by atoms with E-state index < -0.39 is 0 Å². The molecule has 8 heteroatoms. The lowest BCUT2D eigenvalue weighted by Gasteiger charge is -2.35. The topological polar surface area (TPSA) is 80.0 Å². The van der Waals surface area contributed by atoms with Gasteiger partial charge in [0.2, 0.25) is 0 Å². The van der Waals surface area contributed by atoms with Gasteiger partial charge < -0.3 is 9.80 Å². The molecule has 4 heterocycles. The Balaban J connectivity index is 1.39. The van der Waals surface area contributed by atoms with Crippen LogP contribution in [-0.2, 0) is 0 Å². The van der Waals surface area contributed by atoms with Crippen LogP contribution in [0.4, 0.5) is 5.82 Å². The van der Waals surface area contributed by atoms with E-state index in [-0.39, 0.29) is 5.91 Å². The summed E-state index contributed by atoms with van der Waals surface area (Å²) in [6.07, 6.45) is 5.14. The maximum absolute atomic E-state index is 12.5. The van der Waals surface area contributed by atoms with Crippen LogP contribution >= 0.6 is 0 Å². The number of aryl methyl sites for hydroxylation is 1. The Morgan fingerprint density at radius 1 is 0.923 bits per heavy atom. The summed E-state index contributed by atoms with van der Waals surface area (Å²) in [5.41, 5.74) is 1.61. The Hall–Kier alpha value is -3.29. The molecular formula is C18H19N7O. The largest absolute Gasteiger partial charge is 0.352 e. The van der Waals surface area contributed by atoms with Crippen molar-refractivity contribution in [3.8, 4) is 5.82 Å². The lowest BCUT2D eigenvalue weighted by Crippen LogP contribution is -2.49. The smallest absolute Gasteiger partial charge is 0.254 e. The summed E-state index contributed by atoms with van der Waals surface area (Å²) in [7, 11) is 0. The van der Waals surface area contributed by atoms with Crippen molar-refractivity contribution in [1.29, 1.82) is 0 Å². The van der Waals surface area contributed by atoms with Gasteiger partial charge in [0.15, 0.2) is 11.6 Å². The molecule has 1 fully saturated rings. The van der Waals surface area contributed by atoms with Gasteiger partial charge in [0.1, 0.15) is 0 Å². The zero-order valence-corrected chi connectivity index (χ0v) is 14.5. The van der Waals surface area contributed by atoms with Crippen LogP contribution in [0.3, 0.4) is 0 Å². The van der Waals surface area contributed by atoms with Gasteiger partial charge in [-0.1, -0.05) is 0 Å². The average Bonchev–Trinajstić information content (AvgIpc) is 3.15. The van der Waals surface area contributed by atoms with Crippen molar-refractivity contribution in [2.45, 2.75) is 6.92 Å². The van der Waals surface area contributed by atoms with Crippen LogP contribution in [0.5, 0.6) is 0 Å². The predicted molar refractivity (Wildman–Crippen MR) is 96.2 cm³/mol. The van der Waals surface area contributed by atoms with Crippen molar-refractivity contribution in [2.75, 3.05) is 31.1 Å². The fourth-order valence-electron chi connectivity index (χ4n) is 2.97. The van der Waals surface area contributed by atoms with Gasteiger partial charge in [0.25, 0.3) is 5.91 Å². The molecule has 4 rings (SSSR count). The number of pyridine rings is 1. The molecule has 0 bridgehead atoms. The van der Waals surface area contributed by atoms with E-state index in [1.165, 1.54) is 0 Å². The quantitative estimate of drug-likeness (QED) is 0.710. The minimum absolute atomic E-state index is 0.0440. The first-order valence-corrected chi connectivity index (χ1v) is 8.51. The van der Waals surface area contributed by atoms with Gasteiger partial charge in [0.05, 0.1) is 5.69 Å². The molecule has 0 aliphatic carbocycles. The van der Waals surface area contributed by atoms with E-state index in [2.05, 4.69) is 25.2 Å². The zero-order chi connectivity index (χ0) is 17.9. The number of hydrogen-bond acceptors (Lipinski definition) is 6. The molecule has 0 radical (unpaired) electrons. The molecule has 132 valence electrons. The van der Waals surface area contributed by atoms with Gasteiger partial charge in [-0.3, -0.25) is 9.78 Å². The minimum Gasteiger partial charge on any atom is -0.352 e. The Labute approximate surface area is 151 Å². The maximum atomic E-state index is 12.5. The number of carbonyl (C=O) groups excluding carboxylic acids is 1. The molecule has 0 spiro atoms. The third-order valence-corrected chi connectivity index (χ3v) is 4.41. The second-order valence-corrected chi connectivity index (χ2v) is 6.17. The number of anilines is 1. The average molecular weight is 349 g/mol. The lowest BCUT2D eigenvalue weighted by molar-refractivity contribution is 0.0746. The van der Waals surface area contributed by atoms with E-state index >= 15 is 0 Å². The summed E-state index contributed by atoms with van der Waals surface area (Å²) < 4.78 is 1.71. The Kier molecular flexibility index (Phi) is 4.30. The Morgan fingerprint density at radius 3 is 2.23 bits per heavy atom. The van der Waals surface area contributed by atoms with Crippen molar-refractivity contribution in [2.24, 2.45) is 0 Å². The fraction of sp³-hybridized carbons (Fsp3) is 0.278. The number of hydrogen-bond donors (Lipinski definition) is 0. The van der Waals surface area contributed by atoms with Gasteiger partial charge in [-0.15, -0.1) is 10.2 Å². The Morgan fingerprint density at radius 2 is 1.62 bits per heavy atom. The van der Waals surface area contributed by atoms with E-state index in [9.17, 15) is 4.79 Å². The van der Waals surface area contributed by atoms with Crippen LogP contribution in [0.2, 0.25) is 0 Å². The van der Waals surface area contributed by atoms with Gasteiger partial charge in [-0.2, -0.15) is 5.10 Å². The van der Waals surface area contributed by atoms with Gasteiger partial charge >= 0.3 is 0 Å². The molecule has 3 aromatic rings. The van der Waals surface area contributed by atoms with Crippen molar-refractivity contribution >= 4 is 11.7 Å². The van der Waals surface area contributed by atoms with Gasteiger partial charge in [-0.25, -0.2) is 4.68 Å². The lowest BCUT2D eigenvalue weighted by atomic mass is 10.2. The van der Waals surface area contributed by atoms with Crippen LogP contribution in [0.15, 0.2) is 48.9 Å². The fourth-order valence-corrected chi connectivity index (χ4v) is 2.97. The standard InChI is InChI=1S/C18H19N7O/c1-14-6-9-25(22-14)17-3-2-16(20-21-17)23-10-12-24(13-11-23)18(26)15-4-7-19-8-5-15/h2-9H,10-13H2,1H3. The van der Waals surface area contributed by atoms with Crippen molar-refractivity contribution in [3.05, 3.63) is 60.2 Å². The highest BCUT2D eigenvalue weighted by atomic mass is 16.2. The summed E-state index contributed by atoms with van der Waals surface area (Å²) in [6.45, 7) is 4.70. The monoisotopic (exact) mass is 349 g/mol. The van der Waals surface area contributed by atoms with Crippen molar-refractivity contribution < 1.29 is 4.79 Å². The molecule has 0 atom stereocenters. The first kappa shape index (κ1) is 16.2. The first-order valence-electron chi connectivity index (χ1n) is 8.51. The summed E-state index contributed by atoms with van der Waals surface area (Å²) in [4.78, 5) is 20.4. The van der Waals surface area contributed by atoms with Crippen molar-refractivity contribution in [1.82, 2.24) is 29.9 Å². The molecule has 0 unspecified atom stereocenters. The maximum Gasteiger partial charge on any atom is 0.254 e. The molecule has 3 aromatic heterocycles. The van der Waals surface area contributed by atoms with E-state index in [4.69, 9.17) is 0 Å². The van der Waals surface area contributed by atoms with Crippen molar-refractivity contribution in [3.63, 3.8) is 0 Å². The van der Waals surface area contributed by atoms with Crippen LogP contribution < -0.4 is 4.90 Å². The zero-order valence-electron chi connectivity index (χ0n) is 14.5. The molecule has 26 heavy (non-hydrogen) atoms. The molecule has 0 aromatic carbocycles. The van der Waals surface area contributed by atoms with Gasteiger partial charge in [-0.05, 0) is 37.3 Å². The number of piperazine rings is 1. The SMILES string of the molecule is Cc1ccn(-c2ccc(N3CCN(C(=O)c4ccncc4)CC3)nn2)n1. The van der Waals surface area contributed by atoms with Gasteiger partial charge in [0, 0.05) is 50.3 Å². The normalized spacial score (nSPS) is 14.5. The molecule has 8 nitrogen and oxygen atoms in total. The minimum atomic E-state index is 0.0440.